The normalized spacial score (nSPS) is 21.3. The molecule has 2 heterocycles. The van der Waals surface area contributed by atoms with Crippen molar-refractivity contribution in [1.82, 2.24) is 9.80 Å². The summed E-state index contributed by atoms with van der Waals surface area (Å²) < 4.78 is 0. The van der Waals surface area contributed by atoms with Gasteiger partial charge in [-0.05, 0) is 29.0 Å². The Balaban J connectivity index is 1.78. The van der Waals surface area contributed by atoms with Crippen LogP contribution in [-0.4, -0.2) is 46.8 Å². The summed E-state index contributed by atoms with van der Waals surface area (Å²) in [5.74, 6) is -0.599. The number of amidine groups is 1. The fourth-order valence-corrected chi connectivity index (χ4v) is 4.35. The van der Waals surface area contributed by atoms with Crippen LogP contribution in [0.4, 0.5) is 10.5 Å². The van der Waals surface area contributed by atoms with E-state index in [4.69, 9.17) is 5.10 Å². The predicted octanol–water partition coefficient (Wildman–Crippen LogP) is 3.56. The highest BCUT2D eigenvalue weighted by Crippen LogP contribution is 2.47. The minimum absolute atomic E-state index is 0.0890. The summed E-state index contributed by atoms with van der Waals surface area (Å²) in [6.07, 6.45) is 0. The lowest BCUT2D eigenvalue weighted by atomic mass is 9.86. The van der Waals surface area contributed by atoms with Crippen molar-refractivity contribution in [2.24, 2.45) is 11.0 Å². The van der Waals surface area contributed by atoms with Crippen LogP contribution in [0.5, 0.6) is 5.75 Å². The van der Waals surface area contributed by atoms with Gasteiger partial charge in [-0.1, -0.05) is 48.5 Å². The first kappa shape index (κ1) is 18.2. The third kappa shape index (κ3) is 2.48. The van der Waals surface area contributed by atoms with Gasteiger partial charge in [-0.3, -0.25) is 19.6 Å². The van der Waals surface area contributed by atoms with E-state index in [0.717, 1.165) is 21.4 Å². The highest BCUT2D eigenvalue weighted by molar-refractivity contribution is 6.19. The Kier molecular flexibility index (Phi) is 3.99. The van der Waals surface area contributed by atoms with E-state index >= 15 is 0 Å². The Morgan fingerprint density at radius 2 is 1.57 bits per heavy atom. The molecule has 1 fully saturated rings. The van der Waals surface area contributed by atoms with E-state index in [1.807, 2.05) is 60.7 Å². The number of aromatic hydroxyl groups is 1. The van der Waals surface area contributed by atoms with Crippen molar-refractivity contribution in [2.45, 2.75) is 6.04 Å². The number of hydrogen-bond donors (Lipinski definition) is 1. The molecule has 30 heavy (non-hydrogen) atoms. The second kappa shape index (κ2) is 6.59. The van der Waals surface area contributed by atoms with Gasteiger partial charge >= 0.3 is 6.03 Å². The number of phenols is 1. The van der Waals surface area contributed by atoms with Gasteiger partial charge in [0.05, 0.1) is 5.69 Å². The molecule has 150 valence electrons. The van der Waals surface area contributed by atoms with Crippen molar-refractivity contribution in [1.29, 1.82) is 0 Å². The summed E-state index contributed by atoms with van der Waals surface area (Å²) in [4.78, 5) is 28.3. The van der Waals surface area contributed by atoms with Crippen molar-refractivity contribution in [3.8, 4) is 5.75 Å². The molecule has 5 rings (SSSR count). The number of amides is 3. The number of rotatable bonds is 2. The van der Waals surface area contributed by atoms with Gasteiger partial charge in [0.15, 0.2) is 0 Å². The minimum atomic E-state index is -0.727. The molecule has 0 bridgehead atoms. The number of carbonyl (C=O) groups excluding carboxylic acids is 2. The van der Waals surface area contributed by atoms with Crippen molar-refractivity contribution < 1.29 is 14.7 Å². The summed E-state index contributed by atoms with van der Waals surface area (Å²) in [7, 11) is 3.09. The van der Waals surface area contributed by atoms with Crippen molar-refractivity contribution >= 4 is 34.2 Å². The number of phenolic OH excluding ortho intramolecular Hbond substituents is 1. The molecule has 3 amide bonds. The minimum Gasteiger partial charge on any atom is -0.508 e. The van der Waals surface area contributed by atoms with E-state index in [2.05, 4.69) is 0 Å². The van der Waals surface area contributed by atoms with Crippen molar-refractivity contribution in [3.05, 3.63) is 72.3 Å². The lowest BCUT2D eigenvalue weighted by Gasteiger charge is -2.36. The van der Waals surface area contributed by atoms with Gasteiger partial charge in [-0.15, -0.1) is 0 Å². The number of carbonyl (C=O) groups is 2. The molecular weight excluding hydrogens is 380 g/mol. The highest BCUT2D eigenvalue weighted by Gasteiger charge is 2.52. The summed E-state index contributed by atoms with van der Waals surface area (Å²) in [6, 6.07) is 19.7. The number of urea groups is 1. The smallest absolute Gasteiger partial charge is 0.331 e. The summed E-state index contributed by atoms with van der Waals surface area (Å²) in [5, 5.41) is 19.1. The first-order valence-corrected chi connectivity index (χ1v) is 9.67. The average Bonchev–Trinajstić information content (AvgIpc) is 3.17. The van der Waals surface area contributed by atoms with Gasteiger partial charge in [-0.25, -0.2) is 4.79 Å². The predicted molar refractivity (Wildman–Crippen MR) is 114 cm³/mol. The Morgan fingerprint density at radius 1 is 0.867 bits per heavy atom. The molecule has 0 saturated carbocycles. The van der Waals surface area contributed by atoms with Crippen LogP contribution in [0.2, 0.25) is 0 Å². The van der Waals surface area contributed by atoms with Crippen LogP contribution in [0.3, 0.4) is 0 Å². The number of benzene rings is 3. The maximum atomic E-state index is 13.3. The number of anilines is 1. The molecule has 1 N–H and O–H groups in total. The number of fused-ring (bicyclic) bond motifs is 2. The van der Waals surface area contributed by atoms with E-state index in [1.165, 1.54) is 11.9 Å². The summed E-state index contributed by atoms with van der Waals surface area (Å²) >= 11 is 0. The monoisotopic (exact) mass is 400 g/mol. The molecule has 0 aromatic heterocycles. The molecule has 2 aliphatic heterocycles. The average molecular weight is 400 g/mol. The molecule has 0 spiro atoms. The summed E-state index contributed by atoms with van der Waals surface area (Å²) in [6.45, 7) is 0. The standard InChI is InChI=1S/C23H20N4O3/c1-25-21-19(22(29)26(2)23(25)30)20(27(24-21)15-9-4-3-5-10-15)18-16-11-7-6-8-14(16)12-13-17(18)28/h3-13,19-20,28H,1-2H3. The first-order chi connectivity index (χ1) is 14.5. The van der Waals surface area contributed by atoms with E-state index in [-0.39, 0.29) is 11.7 Å². The van der Waals surface area contributed by atoms with Crippen LogP contribution in [0.15, 0.2) is 71.8 Å². The summed E-state index contributed by atoms with van der Waals surface area (Å²) in [5.41, 5.74) is 1.39. The molecule has 7 nitrogen and oxygen atoms in total. The second-order valence-electron chi connectivity index (χ2n) is 7.52. The van der Waals surface area contributed by atoms with Gasteiger partial charge in [0.2, 0.25) is 5.91 Å². The fourth-order valence-electron chi connectivity index (χ4n) is 4.35. The lowest BCUT2D eigenvalue weighted by Crippen LogP contribution is -2.57. The van der Waals surface area contributed by atoms with Gasteiger partial charge in [-0.2, -0.15) is 5.10 Å². The molecule has 7 heteroatoms. The third-order valence-corrected chi connectivity index (χ3v) is 5.85. The van der Waals surface area contributed by atoms with E-state index in [1.54, 1.807) is 18.1 Å². The zero-order valence-electron chi connectivity index (χ0n) is 16.6. The van der Waals surface area contributed by atoms with Crippen LogP contribution in [0, 0.1) is 5.92 Å². The molecule has 2 atom stereocenters. The van der Waals surface area contributed by atoms with Crippen molar-refractivity contribution in [3.63, 3.8) is 0 Å². The lowest BCUT2D eigenvalue weighted by molar-refractivity contribution is -0.131. The van der Waals surface area contributed by atoms with Gasteiger partial charge in [0.25, 0.3) is 0 Å². The van der Waals surface area contributed by atoms with Crippen LogP contribution < -0.4 is 5.01 Å². The van der Waals surface area contributed by atoms with Gasteiger partial charge < -0.3 is 5.11 Å². The van der Waals surface area contributed by atoms with Crippen LogP contribution in [0.1, 0.15) is 11.6 Å². The Bertz CT molecular complexity index is 1210. The molecule has 2 aliphatic rings. The number of hydrazone groups is 1. The van der Waals surface area contributed by atoms with Crippen LogP contribution in [0.25, 0.3) is 10.8 Å². The molecule has 0 radical (unpaired) electrons. The van der Waals surface area contributed by atoms with Gasteiger partial charge in [0.1, 0.15) is 23.5 Å². The Hall–Kier alpha value is -3.87. The third-order valence-electron chi connectivity index (χ3n) is 5.85. The zero-order chi connectivity index (χ0) is 21.0. The maximum absolute atomic E-state index is 13.3. The molecule has 3 aromatic rings. The number of para-hydroxylation sites is 1. The second-order valence-corrected chi connectivity index (χ2v) is 7.52. The van der Waals surface area contributed by atoms with Crippen LogP contribution >= 0.6 is 0 Å². The zero-order valence-corrected chi connectivity index (χ0v) is 16.6. The van der Waals surface area contributed by atoms with E-state index < -0.39 is 18.0 Å². The maximum Gasteiger partial charge on any atom is 0.331 e. The largest absolute Gasteiger partial charge is 0.508 e. The van der Waals surface area contributed by atoms with E-state index in [9.17, 15) is 14.7 Å². The van der Waals surface area contributed by atoms with Gasteiger partial charge in [0, 0.05) is 19.7 Å². The molecule has 2 unspecified atom stereocenters. The SMILES string of the molecule is CN1C(=O)C2C(=NN(c3ccccc3)C2c2c(O)ccc3ccccc23)N(C)C1=O. The Labute approximate surface area is 173 Å². The van der Waals surface area contributed by atoms with Crippen LogP contribution in [-0.2, 0) is 4.79 Å². The first-order valence-electron chi connectivity index (χ1n) is 9.67. The molecular formula is C23H20N4O3. The topological polar surface area (TPSA) is 76.5 Å². The van der Waals surface area contributed by atoms with E-state index in [0.29, 0.717) is 11.4 Å². The quantitative estimate of drug-likeness (QED) is 0.714. The molecule has 1 saturated heterocycles. The number of nitrogens with zero attached hydrogens (tertiary/aromatic N) is 4. The fraction of sp³-hybridized carbons (Fsp3) is 0.174. The number of imide groups is 1. The molecule has 0 aliphatic carbocycles. The highest BCUT2D eigenvalue weighted by atomic mass is 16.3. The van der Waals surface area contributed by atoms with Crippen molar-refractivity contribution in [2.75, 3.05) is 19.1 Å². The number of hydrogen-bond acceptors (Lipinski definition) is 5. The molecule has 3 aromatic carbocycles. The Morgan fingerprint density at radius 3 is 2.33 bits per heavy atom.